The molecule has 0 saturated carbocycles. The minimum atomic E-state index is -0.224. The Morgan fingerprint density at radius 3 is 2.71 bits per heavy atom. The summed E-state index contributed by atoms with van der Waals surface area (Å²) < 4.78 is 7.47. The first-order valence-corrected chi connectivity index (χ1v) is 10.9. The fourth-order valence-electron chi connectivity index (χ4n) is 3.91. The monoisotopic (exact) mass is 420 g/mol. The van der Waals surface area contributed by atoms with Gasteiger partial charge in [0.05, 0.1) is 11.0 Å². The highest BCUT2D eigenvalue weighted by Crippen LogP contribution is 2.23. The summed E-state index contributed by atoms with van der Waals surface area (Å²) in [5, 5.41) is 2.96. The number of anilines is 2. The topological polar surface area (TPSA) is 76.5 Å². The predicted molar refractivity (Wildman–Crippen MR) is 121 cm³/mol. The van der Waals surface area contributed by atoms with Crippen LogP contribution < -0.4 is 10.2 Å². The van der Waals surface area contributed by atoms with E-state index >= 15 is 0 Å². The highest BCUT2D eigenvalue weighted by Gasteiger charge is 2.20. The van der Waals surface area contributed by atoms with Gasteiger partial charge in [-0.25, -0.2) is 4.98 Å². The summed E-state index contributed by atoms with van der Waals surface area (Å²) in [6.45, 7) is 4.76. The first kappa shape index (κ1) is 21.1. The summed E-state index contributed by atoms with van der Waals surface area (Å²) in [5.74, 6) is 0.445. The Balaban J connectivity index is 1.50. The van der Waals surface area contributed by atoms with E-state index in [1.54, 1.807) is 17.0 Å². The number of nitrogens with zero attached hydrogens (tertiary/aromatic N) is 3. The largest absolute Gasteiger partial charge is 0.382 e. The maximum Gasteiger partial charge on any atom is 0.257 e. The predicted octanol–water partition coefficient (Wildman–Crippen LogP) is 4.23. The number of ether oxygens (including phenoxy) is 1. The van der Waals surface area contributed by atoms with Crippen LogP contribution in [0.2, 0.25) is 0 Å². The number of carbonyl (C=O) groups is 2. The van der Waals surface area contributed by atoms with E-state index in [0.717, 1.165) is 42.5 Å². The van der Waals surface area contributed by atoms with E-state index in [1.807, 2.05) is 47.9 Å². The van der Waals surface area contributed by atoms with Crippen LogP contribution in [-0.2, 0) is 16.1 Å². The van der Waals surface area contributed by atoms with Crippen LogP contribution in [0.25, 0.3) is 11.0 Å². The second-order valence-electron chi connectivity index (χ2n) is 7.63. The normalized spacial score (nSPS) is 14.2. The molecule has 2 amide bonds. The maximum atomic E-state index is 12.9. The molecule has 4 rings (SSSR count). The molecule has 1 N–H and O–H groups in total. The quantitative estimate of drug-likeness (QED) is 0.553. The van der Waals surface area contributed by atoms with Gasteiger partial charge < -0.3 is 14.2 Å². The zero-order chi connectivity index (χ0) is 21.6. The summed E-state index contributed by atoms with van der Waals surface area (Å²) in [6, 6.07) is 15.0. The molecule has 1 aliphatic rings. The van der Waals surface area contributed by atoms with E-state index in [4.69, 9.17) is 4.74 Å². The molecule has 0 radical (unpaired) electrons. The van der Waals surface area contributed by atoms with Crippen molar-refractivity contribution in [1.82, 2.24) is 9.55 Å². The second kappa shape index (κ2) is 9.75. The third kappa shape index (κ3) is 4.77. The van der Waals surface area contributed by atoms with Gasteiger partial charge in [-0.15, -0.1) is 0 Å². The zero-order valence-corrected chi connectivity index (χ0v) is 17.8. The molecule has 2 heterocycles. The first-order valence-electron chi connectivity index (χ1n) is 10.9. The fraction of sp³-hybridized carbons (Fsp3) is 0.375. The average molecular weight is 421 g/mol. The van der Waals surface area contributed by atoms with Crippen molar-refractivity contribution in [3.8, 4) is 0 Å². The van der Waals surface area contributed by atoms with Gasteiger partial charge in [-0.05, 0) is 62.6 Å². The number of piperidine rings is 1. The van der Waals surface area contributed by atoms with Crippen LogP contribution in [0, 0.1) is 0 Å². The summed E-state index contributed by atoms with van der Waals surface area (Å²) >= 11 is 0. The molecule has 1 fully saturated rings. The molecule has 1 saturated heterocycles. The lowest BCUT2D eigenvalue weighted by Gasteiger charge is -2.26. The van der Waals surface area contributed by atoms with Crippen LogP contribution in [0.4, 0.5) is 11.6 Å². The van der Waals surface area contributed by atoms with Gasteiger partial charge in [-0.3, -0.25) is 14.9 Å². The number of aromatic nitrogens is 2. The maximum absolute atomic E-state index is 12.9. The van der Waals surface area contributed by atoms with Gasteiger partial charge in [0, 0.05) is 44.0 Å². The van der Waals surface area contributed by atoms with Gasteiger partial charge in [-0.1, -0.05) is 12.1 Å². The number of rotatable bonds is 8. The summed E-state index contributed by atoms with van der Waals surface area (Å²) in [6.07, 6.45) is 3.37. The van der Waals surface area contributed by atoms with Gasteiger partial charge in [0.15, 0.2) is 0 Å². The molecule has 7 heteroatoms. The van der Waals surface area contributed by atoms with Crippen molar-refractivity contribution >= 4 is 34.5 Å². The van der Waals surface area contributed by atoms with Crippen molar-refractivity contribution in [3.05, 3.63) is 54.1 Å². The fourth-order valence-corrected chi connectivity index (χ4v) is 3.91. The van der Waals surface area contributed by atoms with Gasteiger partial charge >= 0.3 is 0 Å². The molecule has 0 unspecified atom stereocenters. The smallest absolute Gasteiger partial charge is 0.257 e. The third-order valence-corrected chi connectivity index (χ3v) is 5.52. The number of aryl methyl sites for hydroxylation is 1. The highest BCUT2D eigenvalue weighted by molar-refractivity contribution is 6.04. The third-order valence-electron chi connectivity index (χ3n) is 5.52. The molecule has 0 bridgehead atoms. The number of benzene rings is 2. The SMILES string of the molecule is CCOCCCn1c(NC(=O)c2ccc(N3CCCCC3=O)cc2)nc2ccccc21. The molecular formula is C24H28N4O3. The lowest BCUT2D eigenvalue weighted by molar-refractivity contribution is -0.119. The number of amides is 2. The average Bonchev–Trinajstić information content (AvgIpc) is 3.14. The number of nitrogens with one attached hydrogen (secondary N) is 1. The van der Waals surface area contributed by atoms with Crippen LogP contribution in [0.1, 0.15) is 43.0 Å². The van der Waals surface area contributed by atoms with Gasteiger partial charge in [-0.2, -0.15) is 0 Å². The van der Waals surface area contributed by atoms with E-state index in [0.29, 0.717) is 37.7 Å². The molecule has 2 aromatic carbocycles. The number of carbonyl (C=O) groups excluding carboxylic acids is 2. The van der Waals surface area contributed by atoms with Crippen LogP contribution in [0.15, 0.2) is 48.5 Å². The van der Waals surface area contributed by atoms with Crippen molar-refractivity contribution < 1.29 is 14.3 Å². The second-order valence-corrected chi connectivity index (χ2v) is 7.63. The Kier molecular flexibility index (Phi) is 6.62. The molecule has 0 spiro atoms. The molecule has 3 aromatic rings. The van der Waals surface area contributed by atoms with Crippen LogP contribution in [-0.4, -0.2) is 41.1 Å². The number of hydrogen-bond acceptors (Lipinski definition) is 4. The molecular weight excluding hydrogens is 392 g/mol. The summed E-state index contributed by atoms with van der Waals surface area (Å²) in [4.78, 5) is 31.4. The number of para-hydroxylation sites is 2. The van der Waals surface area contributed by atoms with Crippen molar-refractivity contribution in [2.24, 2.45) is 0 Å². The van der Waals surface area contributed by atoms with Gasteiger partial charge in [0.2, 0.25) is 11.9 Å². The van der Waals surface area contributed by atoms with E-state index in [1.165, 1.54) is 0 Å². The van der Waals surface area contributed by atoms with E-state index in [9.17, 15) is 9.59 Å². The molecule has 1 aliphatic heterocycles. The zero-order valence-electron chi connectivity index (χ0n) is 17.8. The van der Waals surface area contributed by atoms with Crippen LogP contribution in [0.5, 0.6) is 0 Å². The van der Waals surface area contributed by atoms with E-state index in [2.05, 4.69) is 10.3 Å². The van der Waals surface area contributed by atoms with E-state index < -0.39 is 0 Å². The van der Waals surface area contributed by atoms with Gasteiger partial charge in [0.25, 0.3) is 5.91 Å². The van der Waals surface area contributed by atoms with E-state index in [-0.39, 0.29) is 11.8 Å². The Bertz CT molecular complexity index is 1060. The lowest BCUT2D eigenvalue weighted by Crippen LogP contribution is -2.35. The summed E-state index contributed by atoms with van der Waals surface area (Å²) in [5.41, 5.74) is 3.19. The standard InChI is InChI=1S/C24H28N4O3/c1-2-31-17-7-16-28-21-9-4-3-8-20(21)25-24(28)26-23(30)18-11-13-19(14-12-18)27-15-6-5-10-22(27)29/h3-4,8-9,11-14H,2,5-7,10,15-17H2,1H3,(H,25,26,30). The van der Waals surface area contributed by atoms with Crippen molar-refractivity contribution in [2.45, 2.75) is 39.2 Å². The summed E-state index contributed by atoms with van der Waals surface area (Å²) in [7, 11) is 0. The van der Waals surface area contributed by atoms with Crippen LogP contribution in [0.3, 0.4) is 0 Å². The van der Waals surface area contributed by atoms with Crippen molar-refractivity contribution in [1.29, 1.82) is 0 Å². The highest BCUT2D eigenvalue weighted by atomic mass is 16.5. The Hall–Kier alpha value is -3.19. The Morgan fingerprint density at radius 2 is 1.94 bits per heavy atom. The minimum Gasteiger partial charge on any atom is -0.382 e. The molecule has 31 heavy (non-hydrogen) atoms. The molecule has 162 valence electrons. The molecule has 0 atom stereocenters. The lowest BCUT2D eigenvalue weighted by atomic mass is 10.1. The first-order chi connectivity index (χ1) is 15.2. The Morgan fingerprint density at radius 1 is 1.13 bits per heavy atom. The number of fused-ring (bicyclic) bond motifs is 1. The van der Waals surface area contributed by atoms with Crippen molar-refractivity contribution in [2.75, 3.05) is 30.0 Å². The molecule has 7 nitrogen and oxygen atoms in total. The number of imidazole rings is 1. The number of hydrogen-bond donors (Lipinski definition) is 1. The minimum absolute atomic E-state index is 0.143. The molecule has 1 aromatic heterocycles. The molecule has 0 aliphatic carbocycles. The van der Waals surface area contributed by atoms with Gasteiger partial charge in [0.1, 0.15) is 0 Å². The Labute approximate surface area is 182 Å². The van der Waals surface area contributed by atoms with Crippen LogP contribution >= 0.6 is 0 Å². The van der Waals surface area contributed by atoms with Crippen molar-refractivity contribution in [3.63, 3.8) is 0 Å².